The molecule has 222 valence electrons. The molecule has 37 heavy (non-hydrogen) atoms. The first kappa shape index (κ1) is 35.5. The van der Waals surface area contributed by atoms with Crippen molar-refractivity contribution < 1.29 is 0 Å². The zero-order valence-electron chi connectivity index (χ0n) is 27.6. The summed E-state index contributed by atoms with van der Waals surface area (Å²) in [6, 6.07) is 0. The van der Waals surface area contributed by atoms with Crippen molar-refractivity contribution in [2.45, 2.75) is 158 Å². The van der Waals surface area contributed by atoms with Gasteiger partial charge in [-0.15, -0.1) is 0 Å². The molecule has 0 saturated heterocycles. The van der Waals surface area contributed by atoms with E-state index >= 15 is 0 Å². The van der Waals surface area contributed by atoms with Crippen LogP contribution in [0.5, 0.6) is 0 Å². The predicted octanol–water partition coefficient (Wildman–Crippen LogP) is 8.51. The Kier molecular flexibility index (Phi) is 10.3. The Balaban J connectivity index is 4.53. The summed E-state index contributed by atoms with van der Waals surface area (Å²) in [6.07, 6.45) is 0. The third-order valence-corrected chi connectivity index (χ3v) is 17.3. The SMILES string of the molecule is CN1P(NC(C)(C)C)(NC(C)(C)C)=NP(=NC(C)(C)C)(NC(C)(C)C)N=P1(NC(C)(C)C)NC(C)(C)C. The van der Waals surface area contributed by atoms with Gasteiger partial charge in [-0.2, -0.15) is 13.5 Å². The summed E-state index contributed by atoms with van der Waals surface area (Å²) in [5.74, 6) is 0. The average Bonchev–Trinajstić information content (AvgIpc) is 2.41. The van der Waals surface area contributed by atoms with Gasteiger partial charge >= 0.3 is 0 Å². The number of hydrogen-bond donors (Lipinski definition) is 5. The van der Waals surface area contributed by atoms with Gasteiger partial charge in [0.15, 0.2) is 15.0 Å². The molecule has 9 nitrogen and oxygen atoms in total. The Bertz CT molecular complexity index is 874. The van der Waals surface area contributed by atoms with Gasteiger partial charge in [0.25, 0.3) is 7.51 Å². The second-order valence-electron chi connectivity index (χ2n) is 16.5. The largest absolute Gasteiger partial charge is 0.258 e. The number of hydrogen-bond acceptors (Lipinski definition) is 6. The average molecular weight is 582 g/mol. The van der Waals surface area contributed by atoms with Crippen molar-refractivity contribution in [3.63, 3.8) is 0 Å². The third-order valence-electron chi connectivity index (χ3n) is 4.24. The highest BCUT2D eigenvalue weighted by Crippen LogP contribution is 2.77. The molecule has 1 aliphatic heterocycles. The molecule has 1 rings (SSSR count). The predicted molar refractivity (Wildman–Crippen MR) is 170 cm³/mol. The van der Waals surface area contributed by atoms with Crippen molar-refractivity contribution in [1.29, 1.82) is 0 Å². The number of rotatable bonds is 5. The smallest absolute Gasteiger partial charge is 0.254 e. The molecule has 0 atom stereocenters. The van der Waals surface area contributed by atoms with E-state index in [1.54, 1.807) is 0 Å². The topological polar surface area (TPSA) is 100 Å². The van der Waals surface area contributed by atoms with Gasteiger partial charge in [0, 0.05) is 34.7 Å². The van der Waals surface area contributed by atoms with E-state index in [4.69, 9.17) is 13.8 Å². The van der Waals surface area contributed by atoms with Crippen molar-refractivity contribution in [3.05, 3.63) is 0 Å². The molecule has 12 heteroatoms. The van der Waals surface area contributed by atoms with Crippen LogP contribution in [0.15, 0.2) is 13.8 Å². The Morgan fingerprint density at radius 2 is 0.703 bits per heavy atom. The molecule has 0 aromatic carbocycles. The van der Waals surface area contributed by atoms with Crippen molar-refractivity contribution in [3.8, 4) is 0 Å². The Morgan fingerprint density at radius 3 is 0.892 bits per heavy atom. The Hall–Kier alpha value is 0.450. The van der Waals surface area contributed by atoms with Crippen molar-refractivity contribution in [2.24, 2.45) is 13.8 Å². The molecule has 1 heterocycles. The zero-order chi connectivity index (χ0) is 29.7. The highest BCUT2D eigenvalue weighted by atomic mass is 31.3. The lowest BCUT2D eigenvalue weighted by atomic mass is 10.1. The van der Waals surface area contributed by atoms with Crippen molar-refractivity contribution in [1.82, 2.24) is 29.9 Å². The summed E-state index contributed by atoms with van der Waals surface area (Å²) in [5, 5.41) is 19.9. The molecule has 0 spiro atoms. The molecule has 1 aliphatic rings. The lowest BCUT2D eigenvalue weighted by molar-refractivity contribution is 0.456. The molecule has 0 saturated carbocycles. The molecule has 0 fully saturated rings. The van der Waals surface area contributed by atoms with Crippen LogP contribution >= 0.6 is 22.5 Å². The van der Waals surface area contributed by atoms with E-state index in [1.165, 1.54) is 0 Å². The van der Waals surface area contributed by atoms with Crippen LogP contribution in [0.25, 0.3) is 0 Å². The molecule has 0 aromatic rings. The molecule has 0 radical (unpaired) electrons. The fraction of sp³-hybridized carbons (Fsp3) is 1.00. The maximum absolute atomic E-state index is 5.75. The molecular weight excluding hydrogens is 519 g/mol. The van der Waals surface area contributed by atoms with Crippen LogP contribution in [0.1, 0.15) is 125 Å². The van der Waals surface area contributed by atoms with E-state index in [2.05, 4.69) is 162 Å². The van der Waals surface area contributed by atoms with E-state index in [1.807, 2.05) is 0 Å². The van der Waals surface area contributed by atoms with Gasteiger partial charge in [-0.25, -0.2) is 9.83 Å². The second kappa shape index (κ2) is 10.7. The van der Waals surface area contributed by atoms with E-state index < -0.39 is 22.5 Å². The quantitative estimate of drug-likeness (QED) is 0.209. The van der Waals surface area contributed by atoms with Gasteiger partial charge in [0.1, 0.15) is 0 Å². The minimum Gasteiger partial charge on any atom is -0.254 e. The van der Waals surface area contributed by atoms with Crippen LogP contribution in [0.3, 0.4) is 0 Å². The van der Waals surface area contributed by atoms with Crippen LogP contribution in [0, 0.1) is 0 Å². The fourth-order valence-electron chi connectivity index (χ4n) is 3.97. The standard InChI is InChI=1S/C25H62N9P3/c1-20(2,3)26-35(27-21(4,5)6)32-36(28-22(7,8)9,29-23(10,11)12)34(19)37(33-35,30-24(13,14)15)31-25(16,17)18/h26,28-31H,1-19H3. The Morgan fingerprint density at radius 1 is 0.459 bits per heavy atom. The molecule has 0 aliphatic carbocycles. The van der Waals surface area contributed by atoms with E-state index in [-0.39, 0.29) is 33.2 Å². The fourth-order valence-corrected chi connectivity index (χ4v) is 18.5. The molecule has 0 bridgehead atoms. The Labute approximate surface area is 230 Å². The van der Waals surface area contributed by atoms with Crippen LogP contribution in [-0.4, -0.2) is 44.7 Å². The molecule has 5 N–H and O–H groups in total. The summed E-state index contributed by atoms with van der Waals surface area (Å²) in [7, 11) is -5.91. The third kappa shape index (κ3) is 11.8. The molecule has 0 amide bonds. The lowest BCUT2D eigenvalue weighted by Crippen LogP contribution is -2.53. The maximum atomic E-state index is 5.75. The first-order valence-electron chi connectivity index (χ1n) is 13.4. The lowest BCUT2D eigenvalue weighted by Gasteiger charge is -2.54. The van der Waals surface area contributed by atoms with Gasteiger partial charge in [0.2, 0.25) is 0 Å². The van der Waals surface area contributed by atoms with Crippen LogP contribution < -0.4 is 25.4 Å². The van der Waals surface area contributed by atoms with Gasteiger partial charge < -0.3 is 0 Å². The van der Waals surface area contributed by atoms with E-state index in [9.17, 15) is 0 Å². The van der Waals surface area contributed by atoms with Crippen LogP contribution in [0.2, 0.25) is 0 Å². The number of nitrogens with one attached hydrogen (secondary N) is 5. The number of nitrogens with zero attached hydrogens (tertiary/aromatic N) is 4. The second-order valence-corrected chi connectivity index (χ2v) is 24.3. The van der Waals surface area contributed by atoms with Crippen molar-refractivity contribution >= 4 is 22.5 Å². The normalized spacial score (nSPS) is 21.3. The molecule has 0 unspecified atom stereocenters. The van der Waals surface area contributed by atoms with Gasteiger partial charge in [0.05, 0.1) is 5.54 Å². The van der Waals surface area contributed by atoms with Gasteiger partial charge in [-0.05, 0) is 125 Å². The minimum atomic E-state index is -2.83. The maximum Gasteiger partial charge on any atom is 0.258 e. The van der Waals surface area contributed by atoms with Gasteiger partial charge in [-0.1, -0.05) is 0 Å². The monoisotopic (exact) mass is 581 g/mol. The summed E-state index contributed by atoms with van der Waals surface area (Å²) in [6.45, 7) is 39.5. The van der Waals surface area contributed by atoms with Crippen LogP contribution in [0.4, 0.5) is 0 Å². The summed E-state index contributed by atoms with van der Waals surface area (Å²) < 4.78 is 19.4. The van der Waals surface area contributed by atoms with Gasteiger partial charge in [-0.3, -0.25) is 20.3 Å². The van der Waals surface area contributed by atoms with E-state index in [0.717, 1.165) is 0 Å². The minimum absolute atomic E-state index is 0.209. The molecular formula is C25H62N9P3. The summed E-state index contributed by atoms with van der Waals surface area (Å²) >= 11 is 0. The van der Waals surface area contributed by atoms with Crippen LogP contribution in [-0.2, 0) is 0 Å². The molecule has 0 aromatic heterocycles. The first-order chi connectivity index (χ1) is 15.8. The highest BCUT2D eigenvalue weighted by molar-refractivity contribution is 7.85. The van der Waals surface area contributed by atoms with E-state index in [0.29, 0.717) is 0 Å². The first-order valence-corrected chi connectivity index (χ1v) is 18.5. The summed E-state index contributed by atoms with van der Waals surface area (Å²) in [5.41, 5.74) is -1.42. The summed E-state index contributed by atoms with van der Waals surface area (Å²) in [4.78, 5) is 0. The van der Waals surface area contributed by atoms with Crippen molar-refractivity contribution in [2.75, 3.05) is 7.05 Å². The highest BCUT2D eigenvalue weighted by Gasteiger charge is 2.50. The zero-order valence-corrected chi connectivity index (χ0v) is 30.3.